The maximum atomic E-state index is 12.6. The van der Waals surface area contributed by atoms with Gasteiger partial charge in [0.25, 0.3) is 0 Å². The molecule has 0 unspecified atom stereocenters. The fourth-order valence-corrected chi connectivity index (χ4v) is 3.47. The molecule has 1 fully saturated rings. The van der Waals surface area contributed by atoms with Crippen LogP contribution in [0.15, 0.2) is 29.6 Å². The van der Waals surface area contributed by atoms with E-state index in [0.29, 0.717) is 5.75 Å². The summed E-state index contributed by atoms with van der Waals surface area (Å²) in [4.78, 5) is 6.61. The van der Waals surface area contributed by atoms with Gasteiger partial charge in [0.05, 0.1) is 17.9 Å². The molecule has 1 saturated heterocycles. The lowest BCUT2D eigenvalue weighted by molar-refractivity contribution is -0.137. The van der Waals surface area contributed by atoms with Crippen LogP contribution in [0, 0.1) is 0 Å². The summed E-state index contributed by atoms with van der Waals surface area (Å²) in [6.07, 6.45) is -2.68. The third-order valence-corrected chi connectivity index (χ3v) is 5.02. The number of alkyl halides is 3. The molecule has 2 aromatic rings. The molecule has 136 valence electrons. The highest BCUT2D eigenvalue weighted by atomic mass is 32.1. The number of hydrogen-bond donors (Lipinski definition) is 1. The van der Waals surface area contributed by atoms with Crippen molar-refractivity contribution in [1.29, 1.82) is 0 Å². The van der Waals surface area contributed by atoms with Crippen LogP contribution in [0.5, 0.6) is 5.75 Å². The number of aliphatic hydroxyl groups is 1. The average Bonchev–Trinajstić information content (AvgIpc) is 3.04. The second-order valence-electron chi connectivity index (χ2n) is 6.01. The van der Waals surface area contributed by atoms with Crippen LogP contribution >= 0.6 is 11.3 Å². The molecule has 1 aliphatic rings. The topological polar surface area (TPSA) is 45.6 Å². The molecule has 0 radical (unpaired) electrons. The molecule has 1 aromatic heterocycles. The fourth-order valence-electron chi connectivity index (χ4n) is 2.82. The lowest BCUT2D eigenvalue weighted by Gasteiger charge is -2.31. The summed E-state index contributed by atoms with van der Waals surface area (Å²) in [5.74, 6) is 0.471. The van der Waals surface area contributed by atoms with Gasteiger partial charge in [0.15, 0.2) is 0 Å². The first-order chi connectivity index (χ1) is 11.9. The zero-order chi connectivity index (χ0) is 17.9. The molecule has 3 rings (SSSR count). The van der Waals surface area contributed by atoms with E-state index in [1.165, 1.54) is 23.5 Å². The van der Waals surface area contributed by atoms with Crippen LogP contribution < -0.4 is 4.74 Å². The molecule has 0 aliphatic carbocycles. The van der Waals surface area contributed by atoms with Gasteiger partial charge < -0.3 is 9.84 Å². The second kappa shape index (κ2) is 7.72. The third kappa shape index (κ3) is 4.93. The quantitative estimate of drug-likeness (QED) is 0.869. The van der Waals surface area contributed by atoms with E-state index in [2.05, 4.69) is 9.88 Å². The van der Waals surface area contributed by atoms with Crippen molar-refractivity contribution in [2.24, 2.45) is 0 Å². The highest BCUT2D eigenvalue weighted by Gasteiger charge is 2.30. The molecule has 0 amide bonds. The van der Waals surface area contributed by atoms with Crippen LogP contribution in [0.4, 0.5) is 13.2 Å². The number of ether oxygens (including phenoxy) is 1. The van der Waals surface area contributed by atoms with Crippen molar-refractivity contribution in [2.75, 3.05) is 13.1 Å². The smallest absolute Gasteiger partial charge is 0.416 e. The number of aromatic nitrogens is 1. The van der Waals surface area contributed by atoms with E-state index < -0.39 is 11.7 Å². The summed E-state index contributed by atoms with van der Waals surface area (Å²) >= 11 is 1.45. The first-order valence-electron chi connectivity index (χ1n) is 8.04. The SMILES string of the molecule is OCc1nc(CN2CCC(Oc3ccc(C(F)(F)F)cc3)CC2)cs1. The first kappa shape index (κ1) is 18.2. The van der Waals surface area contributed by atoms with Crippen molar-refractivity contribution in [3.05, 3.63) is 45.9 Å². The van der Waals surface area contributed by atoms with Crippen molar-refractivity contribution < 1.29 is 23.0 Å². The molecule has 0 bridgehead atoms. The van der Waals surface area contributed by atoms with Gasteiger partial charge in [-0.05, 0) is 37.1 Å². The normalized spacial score (nSPS) is 17.0. The van der Waals surface area contributed by atoms with Gasteiger partial charge in [-0.3, -0.25) is 4.90 Å². The van der Waals surface area contributed by atoms with Gasteiger partial charge >= 0.3 is 6.18 Å². The highest BCUT2D eigenvalue weighted by Crippen LogP contribution is 2.31. The zero-order valence-corrected chi connectivity index (χ0v) is 14.3. The molecular formula is C17H19F3N2O2S. The van der Waals surface area contributed by atoms with E-state index in [-0.39, 0.29) is 12.7 Å². The number of benzene rings is 1. The number of likely N-dealkylation sites (tertiary alicyclic amines) is 1. The maximum Gasteiger partial charge on any atom is 0.416 e. The first-order valence-corrected chi connectivity index (χ1v) is 8.92. The van der Waals surface area contributed by atoms with Crippen LogP contribution in [-0.4, -0.2) is 34.2 Å². The van der Waals surface area contributed by atoms with Gasteiger partial charge in [0, 0.05) is 25.0 Å². The van der Waals surface area contributed by atoms with Crippen molar-refractivity contribution in [1.82, 2.24) is 9.88 Å². The maximum absolute atomic E-state index is 12.6. The van der Waals surface area contributed by atoms with Crippen LogP contribution in [0.3, 0.4) is 0 Å². The van der Waals surface area contributed by atoms with Crippen LogP contribution in [0.1, 0.15) is 29.1 Å². The minimum absolute atomic E-state index is 0.0106. The largest absolute Gasteiger partial charge is 0.490 e. The predicted octanol–water partition coefficient (Wildman–Crippen LogP) is 3.70. The predicted molar refractivity (Wildman–Crippen MR) is 88.4 cm³/mol. The monoisotopic (exact) mass is 372 g/mol. The van der Waals surface area contributed by atoms with E-state index in [1.807, 2.05) is 5.38 Å². The van der Waals surface area contributed by atoms with Gasteiger partial charge in [-0.1, -0.05) is 0 Å². The number of piperidine rings is 1. The van der Waals surface area contributed by atoms with Crippen LogP contribution in [0.25, 0.3) is 0 Å². The Morgan fingerprint density at radius 2 is 1.88 bits per heavy atom. The zero-order valence-electron chi connectivity index (χ0n) is 13.5. The summed E-state index contributed by atoms with van der Waals surface area (Å²) in [6.45, 7) is 2.39. The van der Waals surface area contributed by atoms with Gasteiger partial charge in [-0.25, -0.2) is 4.98 Å². The molecule has 0 atom stereocenters. The molecule has 0 spiro atoms. The van der Waals surface area contributed by atoms with Crippen molar-refractivity contribution in [3.63, 3.8) is 0 Å². The molecule has 25 heavy (non-hydrogen) atoms. The van der Waals surface area contributed by atoms with E-state index in [4.69, 9.17) is 9.84 Å². The lowest BCUT2D eigenvalue weighted by Crippen LogP contribution is -2.37. The molecule has 1 aliphatic heterocycles. The molecule has 0 saturated carbocycles. The Kier molecular flexibility index (Phi) is 5.61. The van der Waals surface area contributed by atoms with E-state index in [9.17, 15) is 13.2 Å². The number of hydrogen-bond acceptors (Lipinski definition) is 5. The molecule has 2 heterocycles. The second-order valence-corrected chi connectivity index (χ2v) is 6.95. The Bertz CT molecular complexity index is 680. The number of rotatable bonds is 5. The molecular weight excluding hydrogens is 353 g/mol. The number of thiazole rings is 1. The summed E-state index contributed by atoms with van der Waals surface area (Å²) in [7, 11) is 0. The minimum atomic E-state index is -4.32. The van der Waals surface area contributed by atoms with Crippen molar-refractivity contribution in [3.8, 4) is 5.75 Å². The van der Waals surface area contributed by atoms with Gasteiger partial charge in [0.1, 0.15) is 16.9 Å². The summed E-state index contributed by atoms with van der Waals surface area (Å²) < 4.78 is 43.5. The van der Waals surface area contributed by atoms with E-state index in [1.54, 1.807) is 0 Å². The number of halogens is 3. The Morgan fingerprint density at radius 1 is 1.20 bits per heavy atom. The standard InChI is InChI=1S/C17H19F3N2O2S/c18-17(19,20)12-1-3-14(4-2-12)24-15-5-7-22(8-6-15)9-13-11-25-16(10-23)21-13/h1-4,11,15,23H,5-10H2. The number of nitrogens with zero attached hydrogens (tertiary/aromatic N) is 2. The van der Waals surface area contributed by atoms with E-state index in [0.717, 1.165) is 55.3 Å². The molecule has 1 N–H and O–H groups in total. The van der Waals surface area contributed by atoms with Gasteiger partial charge in [0.2, 0.25) is 0 Å². The van der Waals surface area contributed by atoms with Crippen molar-refractivity contribution >= 4 is 11.3 Å². The summed E-state index contributed by atoms with van der Waals surface area (Å²) in [6, 6.07) is 4.85. The summed E-state index contributed by atoms with van der Waals surface area (Å²) in [5, 5.41) is 11.7. The highest BCUT2D eigenvalue weighted by molar-refractivity contribution is 7.09. The van der Waals surface area contributed by atoms with Gasteiger partial charge in [-0.2, -0.15) is 13.2 Å². The Hall–Kier alpha value is -1.64. The van der Waals surface area contributed by atoms with Crippen molar-refractivity contribution in [2.45, 2.75) is 38.3 Å². The van der Waals surface area contributed by atoms with Crippen LogP contribution in [-0.2, 0) is 19.3 Å². The molecule has 4 nitrogen and oxygen atoms in total. The fraction of sp³-hybridized carbons (Fsp3) is 0.471. The molecule has 1 aromatic carbocycles. The Balaban J connectivity index is 1.47. The summed E-state index contributed by atoms with van der Waals surface area (Å²) in [5.41, 5.74) is 0.288. The minimum Gasteiger partial charge on any atom is -0.490 e. The molecule has 8 heteroatoms. The lowest BCUT2D eigenvalue weighted by atomic mass is 10.1. The Labute approximate surface area is 147 Å². The Morgan fingerprint density at radius 3 is 2.44 bits per heavy atom. The van der Waals surface area contributed by atoms with Gasteiger partial charge in [-0.15, -0.1) is 11.3 Å². The van der Waals surface area contributed by atoms with Crippen LogP contribution in [0.2, 0.25) is 0 Å². The average molecular weight is 372 g/mol. The van der Waals surface area contributed by atoms with E-state index >= 15 is 0 Å². The number of aliphatic hydroxyl groups excluding tert-OH is 1. The third-order valence-electron chi connectivity index (χ3n) is 4.14.